The molecule has 3 heterocycles. The van der Waals surface area contributed by atoms with Gasteiger partial charge in [-0.05, 0) is 36.4 Å². The largest absolute Gasteiger partial charge is 0.490 e. The second kappa shape index (κ2) is 10.2. The van der Waals surface area contributed by atoms with Gasteiger partial charge in [0.05, 0.1) is 21.6 Å². The fraction of sp³-hybridized carbons (Fsp3) is 0.259. The first-order valence-electron chi connectivity index (χ1n) is 12.7. The average molecular weight is 552 g/mol. The number of alkyl halides is 3. The van der Waals surface area contributed by atoms with Crippen LogP contribution in [-0.4, -0.2) is 69.1 Å². The summed E-state index contributed by atoms with van der Waals surface area (Å²) in [5, 5.41) is 11.0. The number of aromatic nitrogens is 4. The first-order chi connectivity index (χ1) is 19.3. The number of hydrogen-bond acceptors (Lipinski definition) is 7. The summed E-state index contributed by atoms with van der Waals surface area (Å²) in [4.78, 5) is 29.1. The van der Waals surface area contributed by atoms with Crippen LogP contribution in [0.5, 0.6) is 5.75 Å². The highest BCUT2D eigenvalue weighted by atomic mass is 19.4. The van der Waals surface area contributed by atoms with E-state index in [1.807, 2.05) is 18.2 Å². The zero-order chi connectivity index (χ0) is 27.9. The Morgan fingerprint density at radius 3 is 2.30 bits per heavy atom. The molecule has 0 bridgehead atoms. The van der Waals surface area contributed by atoms with Crippen LogP contribution >= 0.6 is 0 Å². The third-order valence-electron chi connectivity index (χ3n) is 6.97. The smallest absolute Gasteiger partial charge is 0.449 e. The lowest BCUT2D eigenvalue weighted by atomic mass is 10.2. The van der Waals surface area contributed by atoms with Gasteiger partial charge in [0.2, 0.25) is 5.82 Å². The van der Waals surface area contributed by atoms with Crippen LogP contribution in [0.2, 0.25) is 0 Å². The van der Waals surface area contributed by atoms with Gasteiger partial charge in [-0.3, -0.25) is 15.0 Å². The van der Waals surface area contributed by atoms with Crippen molar-refractivity contribution in [3.8, 4) is 17.1 Å². The summed E-state index contributed by atoms with van der Waals surface area (Å²) in [6, 6.07) is 17.0. The van der Waals surface area contributed by atoms with Crippen molar-refractivity contribution in [2.24, 2.45) is 0 Å². The summed E-state index contributed by atoms with van der Waals surface area (Å²) >= 11 is 0. The first-order valence-corrected chi connectivity index (χ1v) is 12.7. The summed E-state index contributed by atoms with van der Waals surface area (Å²) in [7, 11) is 0. The first kappa shape index (κ1) is 25.6. The van der Waals surface area contributed by atoms with Gasteiger partial charge >= 0.3 is 6.18 Å². The molecule has 0 atom stereocenters. The van der Waals surface area contributed by atoms with Crippen molar-refractivity contribution >= 4 is 33.4 Å². The second-order valence-electron chi connectivity index (χ2n) is 9.48. The molecule has 6 rings (SSSR count). The third-order valence-corrected chi connectivity index (χ3v) is 6.97. The van der Waals surface area contributed by atoms with Crippen LogP contribution in [-0.2, 0) is 6.18 Å². The van der Waals surface area contributed by atoms with E-state index in [4.69, 9.17) is 9.72 Å². The Balaban J connectivity index is 1.08. The highest BCUT2D eigenvalue weighted by Crippen LogP contribution is 2.32. The van der Waals surface area contributed by atoms with Crippen LogP contribution in [0, 0.1) is 10.1 Å². The lowest BCUT2D eigenvalue weighted by Gasteiger charge is -2.36. The van der Waals surface area contributed by atoms with Gasteiger partial charge in [0.15, 0.2) is 0 Å². The van der Waals surface area contributed by atoms with Gasteiger partial charge in [0.1, 0.15) is 29.2 Å². The van der Waals surface area contributed by atoms with E-state index in [1.54, 1.807) is 30.3 Å². The number of rotatable bonds is 7. The van der Waals surface area contributed by atoms with E-state index in [0.29, 0.717) is 24.7 Å². The van der Waals surface area contributed by atoms with Crippen LogP contribution in [0.25, 0.3) is 33.5 Å². The van der Waals surface area contributed by atoms with Gasteiger partial charge in [-0.1, -0.05) is 12.1 Å². The number of nitrogens with one attached hydrogen (secondary N) is 2. The van der Waals surface area contributed by atoms with Crippen molar-refractivity contribution in [2.75, 3.05) is 44.2 Å². The molecule has 0 saturated carbocycles. The summed E-state index contributed by atoms with van der Waals surface area (Å²) in [6.45, 7) is 4.04. The molecule has 1 aliphatic rings. The standard InChI is InChI=1S/C27H24F3N7O3/c28-27(29,30)26-32-20-4-2-6-22(24(20)34-26)40-16-15-35-11-13-36(14-12-35)21-5-1-3-19-23(21)33-25(31-19)17-7-9-18(10-8-17)37(38)39/h1-10H,11-16H2,(H,31,33)(H,32,34). The fourth-order valence-electron chi connectivity index (χ4n) is 4.90. The molecule has 2 N–H and O–H groups in total. The van der Waals surface area contributed by atoms with Crippen molar-refractivity contribution in [2.45, 2.75) is 6.18 Å². The number of nitro benzene ring substituents is 1. The molecule has 2 aromatic heterocycles. The monoisotopic (exact) mass is 551 g/mol. The minimum absolute atomic E-state index is 0.0256. The lowest BCUT2D eigenvalue weighted by Crippen LogP contribution is -2.47. The summed E-state index contributed by atoms with van der Waals surface area (Å²) in [5.41, 5.74) is 3.95. The molecule has 1 saturated heterocycles. The molecule has 40 heavy (non-hydrogen) atoms. The number of H-pyrrole nitrogens is 2. The van der Waals surface area contributed by atoms with E-state index in [0.717, 1.165) is 48.5 Å². The summed E-state index contributed by atoms with van der Waals surface area (Å²) < 4.78 is 44.9. The number of hydrogen-bond donors (Lipinski definition) is 2. The normalized spacial score (nSPS) is 14.7. The van der Waals surface area contributed by atoms with E-state index in [9.17, 15) is 23.3 Å². The van der Waals surface area contributed by atoms with E-state index in [1.165, 1.54) is 12.1 Å². The number of ether oxygens (including phenoxy) is 1. The number of para-hydroxylation sites is 2. The van der Waals surface area contributed by atoms with Gasteiger partial charge in [-0.15, -0.1) is 0 Å². The van der Waals surface area contributed by atoms with Gasteiger partial charge in [-0.2, -0.15) is 13.2 Å². The summed E-state index contributed by atoms with van der Waals surface area (Å²) in [6.07, 6.45) is -4.55. The number of halogens is 3. The number of aromatic amines is 2. The molecule has 3 aromatic carbocycles. The second-order valence-corrected chi connectivity index (χ2v) is 9.48. The SMILES string of the molecule is O=[N+]([O-])c1ccc(-c2nc3c(N4CCN(CCOc5cccc6[nH]c(C(F)(F)F)nc56)CC4)cccc3[nH]2)cc1. The molecule has 0 unspecified atom stereocenters. The molecule has 0 amide bonds. The Hall–Kier alpha value is -4.65. The Labute approximate surface area is 225 Å². The highest BCUT2D eigenvalue weighted by molar-refractivity contribution is 5.91. The lowest BCUT2D eigenvalue weighted by molar-refractivity contribution is -0.384. The van der Waals surface area contributed by atoms with E-state index < -0.39 is 16.9 Å². The predicted octanol–water partition coefficient (Wildman–Crippen LogP) is 5.23. The molecule has 10 nitrogen and oxygen atoms in total. The van der Waals surface area contributed by atoms with Gasteiger partial charge in [0.25, 0.3) is 5.69 Å². The highest BCUT2D eigenvalue weighted by Gasteiger charge is 2.35. The summed E-state index contributed by atoms with van der Waals surface area (Å²) in [5.74, 6) is -0.0826. The number of anilines is 1. The third kappa shape index (κ3) is 5.02. The molecule has 13 heteroatoms. The zero-order valence-corrected chi connectivity index (χ0v) is 21.1. The van der Waals surface area contributed by atoms with Crippen molar-refractivity contribution in [3.05, 3.63) is 76.6 Å². The maximum Gasteiger partial charge on any atom is 0.449 e. The molecular formula is C27H24F3N7O3. The Kier molecular flexibility index (Phi) is 6.50. The van der Waals surface area contributed by atoms with Crippen LogP contribution in [0.4, 0.5) is 24.5 Å². The minimum Gasteiger partial charge on any atom is -0.490 e. The van der Waals surface area contributed by atoms with Crippen LogP contribution < -0.4 is 9.64 Å². The predicted molar refractivity (Wildman–Crippen MR) is 143 cm³/mol. The van der Waals surface area contributed by atoms with E-state index >= 15 is 0 Å². The number of non-ortho nitro benzene ring substituents is 1. The topological polar surface area (TPSA) is 116 Å². The van der Waals surface area contributed by atoms with Crippen molar-refractivity contribution < 1.29 is 22.8 Å². The maximum absolute atomic E-state index is 13.0. The van der Waals surface area contributed by atoms with Crippen LogP contribution in [0.1, 0.15) is 5.82 Å². The zero-order valence-electron chi connectivity index (χ0n) is 21.1. The van der Waals surface area contributed by atoms with Crippen LogP contribution in [0.15, 0.2) is 60.7 Å². The van der Waals surface area contributed by atoms with Gasteiger partial charge < -0.3 is 19.6 Å². The number of piperazine rings is 1. The number of nitro groups is 1. The Morgan fingerprint density at radius 1 is 0.900 bits per heavy atom. The molecule has 1 aliphatic heterocycles. The number of benzene rings is 3. The fourth-order valence-corrected chi connectivity index (χ4v) is 4.90. The molecule has 1 fully saturated rings. The van der Waals surface area contributed by atoms with Crippen molar-refractivity contribution in [1.82, 2.24) is 24.8 Å². The Morgan fingerprint density at radius 2 is 1.60 bits per heavy atom. The molecule has 0 spiro atoms. The number of fused-ring (bicyclic) bond motifs is 2. The molecule has 0 radical (unpaired) electrons. The van der Waals surface area contributed by atoms with Crippen molar-refractivity contribution in [3.63, 3.8) is 0 Å². The maximum atomic E-state index is 13.0. The number of imidazole rings is 2. The van der Waals surface area contributed by atoms with Crippen molar-refractivity contribution in [1.29, 1.82) is 0 Å². The van der Waals surface area contributed by atoms with Gasteiger partial charge in [0, 0.05) is 50.4 Å². The molecular weight excluding hydrogens is 527 g/mol. The molecule has 206 valence electrons. The van der Waals surface area contributed by atoms with Crippen LogP contribution in [0.3, 0.4) is 0 Å². The average Bonchev–Trinajstić information content (AvgIpc) is 3.59. The minimum atomic E-state index is -4.55. The molecule has 0 aliphatic carbocycles. The quantitative estimate of drug-likeness (QED) is 0.210. The van der Waals surface area contributed by atoms with E-state index in [-0.39, 0.29) is 16.7 Å². The molecule has 5 aromatic rings. The van der Waals surface area contributed by atoms with E-state index in [2.05, 4.69) is 24.8 Å². The Bertz CT molecular complexity index is 1670. The van der Waals surface area contributed by atoms with Gasteiger partial charge in [-0.25, -0.2) is 9.97 Å². The number of nitrogens with zero attached hydrogens (tertiary/aromatic N) is 5.